The summed E-state index contributed by atoms with van der Waals surface area (Å²) in [5.74, 6) is -0.175. The molecule has 0 rings (SSSR count). The number of esters is 1. The van der Waals surface area contributed by atoms with Crippen LogP contribution in [0.15, 0.2) is 0 Å². The van der Waals surface area contributed by atoms with Gasteiger partial charge >= 0.3 is 5.97 Å². The highest BCUT2D eigenvalue weighted by Crippen LogP contribution is 2.07. The van der Waals surface area contributed by atoms with Crippen molar-refractivity contribution in [1.29, 1.82) is 0 Å². The smallest absolute Gasteiger partial charge is 0.302 e. The van der Waals surface area contributed by atoms with Gasteiger partial charge in [0.15, 0.2) is 0 Å². The fourth-order valence-electron chi connectivity index (χ4n) is 0.886. The summed E-state index contributed by atoms with van der Waals surface area (Å²) in [5, 5.41) is 0.977. The third-order valence-electron chi connectivity index (χ3n) is 1.45. The van der Waals surface area contributed by atoms with Gasteiger partial charge < -0.3 is 4.74 Å². The standard InChI is InChI=1S/C8H15BrO2/c1-3-8(5-4-6-9)11-7(2)10/h8H,3-6H2,1-2H3. The van der Waals surface area contributed by atoms with E-state index >= 15 is 0 Å². The summed E-state index contributed by atoms with van der Waals surface area (Å²) in [7, 11) is 0. The van der Waals surface area contributed by atoms with Crippen LogP contribution in [0.1, 0.15) is 33.1 Å². The van der Waals surface area contributed by atoms with Gasteiger partial charge in [0.05, 0.1) is 0 Å². The summed E-state index contributed by atoms with van der Waals surface area (Å²) >= 11 is 3.33. The molecule has 2 nitrogen and oxygen atoms in total. The van der Waals surface area contributed by atoms with Crippen LogP contribution in [0.5, 0.6) is 0 Å². The number of rotatable bonds is 5. The molecule has 0 amide bonds. The second kappa shape index (κ2) is 6.65. The molecule has 0 heterocycles. The van der Waals surface area contributed by atoms with Gasteiger partial charge in [0.1, 0.15) is 6.10 Å². The summed E-state index contributed by atoms with van der Waals surface area (Å²) in [6, 6.07) is 0. The monoisotopic (exact) mass is 222 g/mol. The summed E-state index contributed by atoms with van der Waals surface area (Å²) in [6.45, 7) is 3.48. The predicted molar refractivity (Wildman–Crippen MR) is 48.9 cm³/mol. The van der Waals surface area contributed by atoms with Crippen molar-refractivity contribution in [2.75, 3.05) is 5.33 Å². The largest absolute Gasteiger partial charge is 0.463 e. The second-order valence-corrected chi connectivity index (χ2v) is 3.26. The number of hydrogen-bond acceptors (Lipinski definition) is 2. The summed E-state index contributed by atoms with van der Waals surface area (Å²) < 4.78 is 5.04. The first kappa shape index (κ1) is 11.0. The van der Waals surface area contributed by atoms with Crippen LogP contribution in [-0.4, -0.2) is 17.4 Å². The number of hydrogen-bond donors (Lipinski definition) is 0. The molecule has 0 saturated heterocycles. The Hall–Kier alpha value is -0.0500. The second-order valence-electron chi connectivity index (χ2n) is 2.47. The molecular weight excluding hydrogens is 208 g/mol. The van der Waals surface area contributed by atoms with Crippen LogP contribution in [0.2, 0.25) is 0 Å². The summed E-state index contributed by atoms with van der Waals surface area (Å²) in [6.07, 6.45) is 3.05. The molecule has 0 bridgehead atoms. The van der Waals surface area contributed by atoms with Crippen LogP contribution >= 0.6 is 15.9 Å². The fourth-order valence-corrected chi connectivity index (χ4v) is 1.21. The average Bonchev–Trinajstić information content (AvgIpc) is 1.97. The number of halogens is 1. The molecule has 0 aliphatic carbocycles. The highest BCUT2D eigenvalue weighted by Gasteiger charge is 2.07. The average molecular weight is 223 g/mol. The topological polar surface area (TPSA) is 26.3 Å². The number of carbonyl (C=O) groups excluding carboxylic acids is 1. The molecule has 0 saturated carbocycles. The van der Waals surface area contributed by atoms with E-state index in [2.05, 4.69) is 15.9 Å². The Balaban J connectivity index is 3.49. The van der Waals surface area contributed by atoms with Crippen LogP contribution in [0, 0.1) is 0 Å². The van der Waals surface area contributed by atoms with Crippen molar-refractivity contribution < 1.29 is 9.53 Å². The maximum Gasteiger partial charge on any atom is 0.302 e. The highest BCUT2D eigenvalue weighted by molar-refractivity contribution is 9.09. The van der Waals surface area contributed by atoms with Gasteiger partial charge in [-0.1, -0.05) is 22.9 Å². The van der Waals surface area contributed by atoms with Gasteiger partial charge in [0.25, 0.3) is 0 Å². The van der Waals surface area contributed by atoms with E-state index in [9.17, 15) is 4.79 Å². The Morgan fingerprint density at radius 1 is 1.64 bits per heavy atom. The van der Waals surface area contributed by atoms with Gasteiger partial charge in [-0.15, -0.1) is 0 Å². The lowest BCUT2D eigenvalue weighted by Gasteiger charge is -2.13. The molecule has 0 aliphatic rings. The van der Waals surface area contributed by atoms with Gasteiger partial charge in [0.2, 0.25) is 0 Å². The van der Waals surface area contributed by atoms with Gasteiger partial charge in [-0.05, 0) is 19.3 Å². The molecule has 0 N–H and O–H groups in total. The normalized spacial score (nSPS) is 12.6. The lowest BCUT2D eigenvalue weighted by Crippen LogP contribution is -2.15. The van der Waals surface area contributed by atoms with E-state index in [1.54, 1.807) is 0 Å². The van der Waals surface area contributed by atoms with Crippen molar-refractivity contribution in [2.24, 2.45) is 0 Å². The van der Waals surface area contributed by atoms with Gasteiger partial charge in [-0.25, -0.2) is 0 Å². The zero-order chi connectivity index (χ0) is 8.69. The van der Waals surface area contributed by atoms with Crippen LogP contribution in [0.4, 0.5) is 0 Å². The van der Waals surface area contributed by atoms with E-state index in [4.69, 9.17) is 4.74 Å². The zero-order valence-corrected chi connectivity index (χ0v) is 8.69. The van der Waals surface area contributed by atoms with Crippen molar-refractivity contribution in [2.45, 2.75) is 39.2 Å². The molecule has 0 aromatic carbocycles. The van der Waals surface area contributed by atoms with Crippen LogP contribution in [0.25, 0.3) is 0 Å². The first-order valence-electron chi connectivity index (χ1n) is 3.93. The van der Waals surface area contributed by atoms with Gasteiger partial charge in [-0.2, -0.15) is 0 Å². The SMILES string of the molecule is CCC(CCCBr)OC(C)=O. The predicted octanol–water partition coefficient (Wildman–Crippen LogP) is 2.50. The zero-order valence-electron chi connectivity index (χ0n) is 7.10. The third kappa shape index (κ3) is 6.35. The van der Waals surface area contributed by atoms with Crippen molar-refractivity contribution in [3.63, 3.8) is 0 Å². The minimum absolute atomic E-state index is 0.116. The molecular formula is C8H15BrO2. The summed E-state index contributed by atoms with van der Waals surface area (Å²) in [4.78, 5) is 10.5. The van der Waals surface area contributed by atoms with Crippen LogP contribution < -0.4 is 0 Å². The van der Waals surface area contributed by atoms with Gasteiger partial charge in [-0.3, -0.25) is 4.79 Å². The molecule has 1 unspecified atom stereocenters. The van der Waals surface area contributed by atoms with Crippen LogP contribution in [-0.2, 0) is 9.53 Å². The Bertz CT molecular complexity index is 115. The molecule has 0 aromatic rings. The Kier molecular flexibility index (Phi) is 6.62. The maximum absolute atomic E-state index is 10.5. The number of carbonyl (C=O) groups is 1. The molecule has 0 aliphatic heterocycles. The van der Waals surface area contributed by atoms with Crippen LogP contribution in [0.3, 0.4) is 0 Å². The van der Waals surface area contributed by atoms with E-state index in [0.29, 0.717) is 0 Å². The molecule has 3 heteroatoms. The van der Waals surface area contributed by atoms with E-state index in [-0.39, 0.29) is 12.1 Å². The number of alkyl halides is 1. The van der Waals surface area contributed by atoms with Crippen molar-refractivity contribution in [1.82, 2.24) is 0 Å². The molecule has 1 atom stereocenters. The molecule has 66 valence electrons. The fraction of sp³-hybridized carbons (Fsp3) is 0.875. The van der Waals surface area contributed by atoms with E-state index in [1.807, 2.05) is 6.92 Å². The van der Waals surface area contributed by atoms with Crippen molar-refractivity contribution in [3.05, 3.63) is 0 Å². The molecule has 0 fully saturated rings. The lowest BCUT2D eigenvalue weighted by atomic mass is 10.2. The van der Waals surface area contributed by atoms with E-state index in [1.165, 1.54) is 6.92 Å². The third-order valence-corrected chi connectivity index (χ3v) is 2.01. The maximum atomic E-state index is 10.5. The first-order chi connectivity index (χ1) is 5.20. The minimum Gasteiger partial charge on any atom is -0.463 e. The number of ether oxygens (including phenoxy) is 1. The highest BCUT2D eigenvalue weighted by atomic mass is 79.9. The molecule has 0 aromatic heterocycles. The quantitative estimate of drug-likeness (QED) is 0.528. The minimum atomic E-state index is -0.175. The first-order valence-corrected chi connectivity index (χ1v) is 5.06. The lowest BCUT2D eigenvalue weighted by molar-refractivity contribution is -0.146. The summed E-state index contributed by atoms with van der Waals surface area (Å²) in [5.41, 5.74) is 0. The van der Waals surface area contributed by atoms with Crippen molar-refractivity contribution >= 4 is 21.9 Å². The Labute approximate surface area is 76.4 Å². The molecule has 11 heavy (non-hydrogen) atoms. The van der Waals surface area contributed by atoms with Crippen molar-refractivity contribution in [3.8, 4) is 0 Å². The van der Waals surface area contributed by atoms with E-state index in [0.717, 1.165) is 24.6 Å². The van der Waals surface area contributed by atoms with Gasteiger partial charge in [0, 0.05) is 12.3 Å². The Morgan fingerprint density at radius 2 is 2.27 bits per heavy atom. The Morgan fingerprint density at radius 3 is 2.64 bits per heavy atom. The van der Waals surface area contributed by atoms with E-state index < -0.39 is 0 Å². The molecule has 0 spiro atoms. The molecule has 0 radical (unpaired) electrons.